The third kappa shape index (κ3) is 4.16. The van der Waals surface area contributed by atoms with Crippen molar-refractivity contribution in [3.05, 3.63) is 36.0 Å². The number of benzene rings is 1. The molecule has 1 aromatic heterocycles. The fourth-order valence-electron chi connectivity index (χ4n) is 1.82. The van der Waals surface area contributed by atoms with Crippen molar-refractivity contribution in [2.45, 2.75) is 6.92 Å². The SMILES string of the molecule is COC(=O)c1ccc(Nc2ccc(NC(C)=O)c(OC)c2)nn1. The highest BCUT2D eigenvalue weighted by Crippen LogP contribution is 2.29. The first-order valence-corrected chi connectivity index (χ1v) is 6.68. The Hall–Kier alpha value is -3.16. The van der Waals surface area contributed by atoms with Gasteiger partial charge < -0.3 is 20.1 Å². The summed E-state index contributed by atoms with van der Waals surface area (Å²) in [4.78, 5) is 22.4. The number of hydrogen-bond donors (Lipinski definition) is 2. The van der Waals surface area contributed by atoms with E-state index in [1.165, 1.54) is 27.2 Å². The first kappa shape index (κ1) is 16.2. The molecule has 0 aliphatic heterocycles. The zero-order chi connectivity index (χ0) is 16.8. The number of nitrogens with one attached hydrogen (secondary N) is 2. The molecule has 1 amide bonds. The summed E-state index contributed by atoms with van der Waals surface area (Å²) in [5, 5.41) is 13.4. The van der Waals surface area contributed by atoms with Gasteiger partial charge in [0, 0.05) is 18.7 Å². The molecule has 0 saturated carbocycles. The second-order valence-corrected chi connectivity index (χ2v) is 4.52. The molecule has 1 heterocycles. The summed E-state index contributed by atoms with van der Waals surface area (Å²) in [5.41, 5.74) is 1.38. The quantitative estimate of drug-likeness (QED) is 0.813. The van der Waals surface area contributed by atoms with Crippen LogP contribution in [-0.4, -0.2) is 36.3 Å². The van der Waals surface area contributed by atoms with Crippen molar-refractivity contribution >= 4 is 29.1 Å². The summed E-state index contributed by atoms with van der Waals surface area (Å²) in [6, 6.07) is 8.28. The molecule has 0 atom stereocenters. The molecule has 23 heavy (non-hydrogen) atoms. The molecule has 8 heteroatoms. The van der Waals surface area contributed by atoms with Crippen molar-refractivity contribution in [3.8, 4) is 5.75 Å². The molecule has 0 aliphatic rings. The molecule has 0 radical (unpaired) electrons. The molecule has 2 rings (SSSR count). The highest BCUT2D eigenvalue weighted by atomic mass is 16.5. The Morgan fingerprint density at radius 1 is 1.09 bits per heavy atom. The maximum Gasteiger partial charge on any atom is 0.358 e. The van der Waals surface area contributed by atoms with Crippen molar-refractivity contribution in [1.82, 2.24) is 10.2 Å². The predicted octanol–water partition coefficient (Wildman–Crippen LogP) is 1.97. The number of rotatable bonds is 5. The van der Waals surface area contributed by atoms with Crippen molar-refractivity contribution in [1.29, 1.82) is 0 Å². The van der Waals surface area contributed by atoms with Crippen molar-refractivity contribution in [2.75, 3.05) is 24.9 Å². The minimum absolute atomic E-state index is 0.122. The number of nitrogens with zero attached hydrogens (tertiary/aromatic N) is 2. The Bertz CT molecular complexity index is 716. The Balaban J connectivity index is 2.16. The third-order valence-corrected chi connectivity index (χ3v) is 2.84. The van der Waals surface area contributed by atoms with E-state index >= 15 is 0 Å². The normalized spacial score (nSPS) is 9.87. The van der Waals surface area contributed by atoms with Crippen LogP contribution in [0, 0.1) is 0 Å². The fraction of sp³-hybridized carbons (Fsp3) is 0.200. The molecule has 0 bridgehead atoms. The average Bonchev–Trinajstić information content (AvgIpc) is 2.55. The van der Waals surface area contributed by atoms with Crippen molar-refractivity contribution < 1.29 is 19.1 Å². The van der Waals surface area contributed by atoms with Crippen LogP contribution in [0.4, 0.5) is 17.2 Å². The molecular weight excluding hydrogens is 300 g/mol. The van der Waals surface area contributed by atoms with Crippen LogP contribution in [-0.2, 0) is 9.53 Å². The van der Waals surface area contributed by atoms with Crippen LogP contribution in [0.1, 0.15) is 17.4 Å². The standard InChI is InChI=1S/C15H16N4O4/c1-9(20)16-11-5-4-10(8-13(11)22-2)17-14-7-6-12(18-19-14)15(21)23-3/h4-8H,1-3H3,(H,16,20)(H,17,19). The molecule has 1 aromatic carbocycles. The molecule has 2 aromatic rings. The molecule has 0 unspecified atom stereocenters. The van der Waals surface area contributed by atoms with Gasteiger partial charge in [0.1, 0.15) is 5.75 Å². The predicted molar refractivity (Wildman–Crippen MR) is 84.0 cm³/mol. The molecule has 120 valence electrons. The van der Waals surface area contributed by atoms with E-state index in [-0.39, 0.29) is 11.6 Å². The number of methoxy groups -OCH3 is 2. The lowest BCUT2D eigenvalue weighted by atomic mass is 10.2. The van der Waals surface area contributed by atoms with Gasteiger partial charge >= 0.3 is 5.97 Å². The van der Waals surface area contributed by atoms with Crippen LogP contribution in [0.15, 0.2) is 30.3 Å². The first-order valence-electron chi connectivity index (χ1n) is 6.68. The number of carbonyl (C=O) groups is 2. The second kappa shape index (κ2) is 7.21. The highest BCUT2D eigenvalue weighted by molar-refractivity contribution is 5.91. The maximum atomic E-state index is 11.3. The summed E-state index contributed by atoms with van der Waals surface area (Å²) in [6.07, 6.45) is 0. The number of amides is 1. The summed E-state index contributed by atoms with van der Waals surface area (Å²) in [7, 11) is 2.79. The Morgan fingerprint density at radius 2 is 1.87 bits per heavy atom. The largest absolute Gasteiger partial charge is 0.494 e. The smallest absolute Gasteiger partial charge is 0.358 e. The third-order valence-electron chi connectivity index (χ3n) is 2.84. The number of ether oxygens (including phenoxy) is 2. The van der Waals surface area contributed by atoms with Gasteiger partial charge in [0.25, 0.3) is 0 Å². The van der Waals surface area contributed by atoms with Crippen LogP contribution < -0.4 is 15.4 Å². The van der Waals surface area contributed by atoms with E-state index in [1.54, 1.807) is 24.3 Å². The Morgan fingerprint density at radius 3 is 2.43 bits per heavy atom. The van der Waals surface area contributed by atoms with Crippen LogP contribution in [0.3, 0.4) is 0 Å². The van der Waals surface area contributed by atoms with E-state index in [0.717, 1.165) is 0 Å². The van der Waals surface area contributed by atoms with Gasteiger partial charge in [0.2, 0.25) is 5.91 Å². The van der Waals surface area contributed by atoms with Gasteiger partial charge in [-0.2, -0.15) is 0 Å². The minimum atomic E-state index is -0.551. The van der Waals surface area contributed by atoms with Crippen LogP contribution in [0.2, 0.25) is 0 Å². The second-order valence-electron chi connectivity index (χ2n) is 4.52. The van der Waals surface area contributed by atoms with E-state index in [0.29, 0.717) is 22.9 Å². The minimum Gasteiger partial charge on any atom is -0.494 e. The van der Waals surface area contributed by atoms with E-state index in [4.69, 9.17) is 4.74 Å². The zero-order valence-corrected chi connectivity index (χ0v) is 12.9. The molecule has 8 nitrogen and oxygen atoms in total. The highest BCUT2D eigenvalue weighted by Gasteiger charge is 2.09. The lowest BCUT2D eigenvalue weighted by Gasteiger charge is -2.12. The number of carbonyl (C=O) groups excluding carboxylic acids is 2. The molecular formula is C15H16N4O4. The van der Waals surface area contributed by atoms with E-state index in [2.05, 4.69) is 25.6 Å². The summed E-state index contributed by atoms with van der Waals surface area (Å²) >= 11 is 0. The zero-order valence-electron chi connectivity index (χ0n) is 12.9. The first-order chi connectivity index (χ1) is 11.0. The molecule has 0 aliphatic carbocycles. The lowest BCUT2D eigenvalue weighted by molar-refractivity contribution is -0.114. The van der Waals surface area contributed by atoms with Gasteiger partial charge in [-0.15, -0.1) is 10.2 Å². The van der Waals surface area contributed by atoms with Gasteiger partial charge in [0.05, 0.1) is 19.9 Å². The fourth-order valence-corrected chi connectivity index (χ4v) is 1.82. The molecule has 0 spiro atoms. The van der Waals surface area contributed by atoms with Gasteiger partial charge in [-0.05, 0) is 24.3 Å². The van der Waals surface area contributed by atoms with Crippen LogP contribution in [0.5, 0.6) is 5.75 Å². The summed E-state index contributed by atoms with van der Waals surface area (Å²) in [6.45, 7) is 1.42. The van der Waals surface area contributed by atoms with Gasteiger partial charge in [0.15, 0.2) is 11.5 Å². The molecule has 0 saturated heterocycles. The van der Waals surface area contributed by atoms with Gasteiger partial charge in [-0.1, -0.05) is 0 Å². The van der Waals surface area contributed by atoms with Crippen molar-refractivity contribution in [2.24, 2.45) is 0 Å². The van der Waals surface area contributed by atoms with E-state index in [1.807, 2.05) is 0 Å². The molecule has 2 N–H and O–H groups in total. The van der Waals surface area contributed by atoms with E-state index < -0.39 is 5.97 Å². The number of esters is 1. The van der Waals surface area contributed by atoms with Crippen LogP contribution >= 0.6 is 0 Å². The van der Waals surface area contributed by atoms with E-state index in [9.17, 15) is 9.59 Å². The number of aromatic nitrogens is 2. The monoisotopic (exact) mass is 316 g/mol. The average molecular weight is 316 g/mol. The van der Waals surface area contributed by atoms with Crippen LogP contribution in [0.25, 0.3) is 0 Å². The topological polar surface area (TPSA) is 102 Å². The Kier molecular flexibility index (Phi) is 5.08. The number of anilines is 3. The van der Waals surface area contributed by atoms with Gasteiger partial charge in [-0.25, -0.2) is 4.79 Å². The number of hydrogen-bond acceptors (Lipinski definition) is 7. The Labute approximate surface area is 132 Å². The van der Waals surface area contributed by atoms with Gasteiger partial charge in [-0.3, -0.25) is 4.79 Å². The maximum absolute atomic E-state index is 11.3. The summed E-state index contributed by atoms with van der Waals surface area (Å²) < 4.78 is 9.79. The lowest BCUT2D eigenvalue weighted by Crippen LogP contribution is -2.08. The summed E-state index contributed by atoms with van der Waals surface area (Å²) in [5.74, 6) is 0.218. The molecule has 0 fully saturated rings. The van der Waals surface area contributed by atoms with Crippen molar-refractivity contribution in [3.63, 3.8) is 0 Å².